The molecule has 0 atom stereocenters. The maximum absolute atomic E-state index is 13.0. The van der Waals surface area contributed by atoms with E-state index in [0.717, 1.165) is 68.9 Å². The number of carbonyl (C=O) groups excluding carboxylic acids is 1. The summed E-state index contributed by atoms with van der Waals surface area (Å²) in [5.74, 6) is 1.06. The van der Waals surface area contributed by atoms with Gasteiger partial charge in [0.05, 0.1) is 5.69 Å². The van der Waals surface area contributed by atoms with Gasteiger partial charge in [-0.1, -0.05) is 0 Å². The first-order chi connectivity index (χ1) is 12.7. The molecule has 136 valence electrons. The van der Waals surface area contributed by atoms with Crippen LogP contribution in [-0.4, -0.2) is 47.2 Å². The highest BCUT2D eigenvalue weighted by Crippen LogP contribution is 2.25. The maximum atomic E-state index is 13.0. The van der Waals surface area contributed by atoms with Gasteiger partial charge in [-0.15, -0.1) is 10.2 Å². The van der Waals surface area contributed by atoms with Crippen molar-refractivity contribution in [2.75, 3.05) is 31.1 Å². The zero-order chi connectivity index (χ0) is 17.9. The minimum atomic E-state index is -0.260. The fourth-order valence-electron chi connectivity index (χ4n) is 3.82. The lowest BCUT2D eigenvalue weighted by molar-refractivity contribution is -0.135. The molecule has 0 unspecified atom stereocenters. The number of hydrogen-bond acceptors (Lipinski definition) is 4. The Kier molecular flexibility index (Phi) is 4.82. The number of piperidine rings is 1. The first kappa shape index (κ1) is 16.9. The van der Waals surface area contributed by atoms with Gasteiger partial charge in [0.25, 0.3) is 0 Å². The van der Waals surface area contributed by atoms with Crippen molar-refractivity contribution in [1.29, 1.82) is 0 Å². The highest BCUT2D eigenvalue weighted by molar-refractivity contribution is 5.79. The summed E-state index contributed by atoms with van der Waals surface area (Å²) in [6.07, 6.45) is 4.02. The number of halogens is 1. The van der Waals surface area contributed by atoms with Crippen molar-refractivity contribution >= 4 is 11.7 Å². The molecule has 2 fully saturated rings. The second-order valence-electron chi connectivity index (χ2n) is 7.08. The molecule has 0 saturated carbocycles. The molecule has 0 aliphatic carbocycles. The minimum absolute atomic E-state index is 0.149. The highest BCUT2D eigenvalue weighted by Gasteiger charge is 2.30. The van der Waals surface area contributed by atoms with Crippen molar-refractivity contribution in [2.45, 2.75) is 25.7 Å². The van der Waals surface area contributed by atoms with E-state index in [-0.39, 0.29) is 11.7 Å². The van der Waals surface area contributed by atoms with E-state index in [1.54, 1.807) is 12.1 Å². The predicted octanol–water partition coefficient (Wildman–Crippen LogP) is 3.12. The third kappa shape index (κ3) is 3.54. The van der Waals surface area contributed by atoms with Gasteiger partial charge in [0.1, 0.15) is 5.82 Å². The number of likely N-dealkylation sites (tertiary alicyclic amines) is 1. The summed E-state index contributed by atoms with van der Waals surface area (Å²) in [5, 5.41) is 8.62. The number of benzene rings is 1. The molecule has 2 aliphatic heterocycles. The summed E-state index contributed by atoms with van der Waals surface area (Å²) in [4.78, 5) is 16.7. The lowest BCUT2D eigenvalue weighted by Crippen LogP contribution is -2.42. The summed E-state index contributed by atoms with van der Waals surface area (Å²) >= 11 is 0. The number of rotatable bonds is 3. The average molecular weight is 354 g/mol. The number of carbonyl (C=O) groups is 1. The molecule has 2 aromatic rings. The molecule has 26 heavy (non-hydrogen) atoms. The van der Waals surface area contributed by atoms with Crippen LogP contribution in [0.4, 0.5) is 10.2 Å². The van der Waals surface area contributed by atoms with Crippen LogP contribution in [0.2, 0.25) is 0 Å². The lowest BCUT2D eigenvalue weighted by Gasteiger charge is -2.33. The summed E-state index contributed by atoms with van der Waals surface area (Å²) in [7, 11) is 0. The van der Waals surface area contributed by atoms with Gasteiger partial charge in [-0.25, -0.2) is 4.39 Å². The molecule has 6 heteroatoms. The Morgan fingerprint density at radius 1 is 0.923 bits per heavy atom. The number of aromatic nitrogens is 2. The van der Waals surface area contributed by atoms with E-state index in [1.807, 2.05) is 17.0 Å². The molecule has 0 N–H and O–H groups in total. The largest absolute Gasteiger partial charge is 0.355 e. The van der Waals surface area contributed by atoms with E-state index in [9.17, 15) is 9.18 Å². The Bertz CT molecular complexity index is 748. The first-order valence-corrected chi connectivity index (χ1v) is 9.34. The Morgan fingerprint density at radius 2 is 1.62 bits per heavy atom. The quantitative estimate of drug-likeness (QED) is 0.850. The highest BCUT2D eigenvalue weighted by atomic mass is 19.1. The Labute approximate surface area is 152 Å². The normalized spacial score (nSPS) is 18.3. The van der Waals surface area contributed by atoms with Crippen LogP contribution in [0, 0.1) is 11.7 Å². The third-order valence-corrected chi connectivity index (χ3v) is 5.38. The summed E-state index contributed by atoms with van der Waals surface area (Å²) in [6, 6.07) is 10.1. The van der Waals surface area contributed by atoms with Crippen molar-refractivity contribution in [3.63, 3.8) is 0 Å². The van der Waals surface area contributed by atoms with E-state index >= 15 is 0 Å². The first-order valence-electron chi connectivity index (χ1n) is 9.34. The summed E-state index contributed by atoms with van der Waals surface area (Å²) in [5.41, 5.74) is 1.58. The average Bonchev–Trinajstić information content (AvgIpc) is 3.23. The zero-order valence-corrected chi connectivity index (χ0v) is 14.8. The van der Waals surface area contributed by atoms with Gasteiger partial charge in [-0.05, 0) is 62.1 Å². The van der Waals surface area contributed by atoms with Crippen LogP contribution in [0.3, 0.4) is 0 Å². The van der Waals surface area contributed by atoms with Crippen molar-refractivity contribution < 1.29 is 9.18 Å². The molecule has 5 nitrogen and oxygen atoms in total. The van der Waals surface area contributed by atoms with Crippen molar-refractivity contribution in [1.82, 2.24) is 15.1 Å². The van der Waals surface area contributed by atoms with Gasteiger partial charge in [-0.2, -0.15) is 0 Å². The summed E-state index contributed by atoms with van der Waals surface area (Å²) < 4.78 is 13.0. The van der Waals surface area contributed by atoms with Crippen molar-refractivity contribution in [3.05, 3.63) is 42.2 Å². The van der Waals surface area contributed by atoms with Gasteiger partial charge in [0, 0.05) is 37.7 Å². The van der Waals surface area contributed by atoms with Crippen LogP contribution in [0.1, 0.15) is 25.7 Å². The number of hydrogen-bond donors (Lipinski definition) is 0. The Hall–Kier alpha value is -2.50. The van der Waals surface area contributed by atoms with Gasteiger partial charge in [-0.3, -0.25) is 4.79 Å². The fraction of sp³-hybridized carbons (Fsp3) is 0.450. The van der Waals surface area contributed by atoms with Crippen LogP contribution in [-0.2, 0) is 4.79 Å². The molecular formula is C20H23FN4O. The van der Waals surface area contributed by atoms with Crippen LogP contribution < -0.4 is 4.90 Å². The van der Waals surface area contributed by atoms with Gasteiger partial charge in [0.2, 0.25) is 5.91 Å². The SMILES string of the molecule is O=C(C1CCN(c2ccc(-c3ccc(F)cc3)nn2)CC1)N1CCCC1. The van der Waals surface area contributed by atoms with Gasteiger partial charge < -0.3 is 9.80 Å². The Morgan fingerprint density at radius 3 is 2.23 bits per heavy atom. The van der Waals surface area contributed by atoms with E-state index in [0.29, 0.717) is 5.91 Å². The second-order valence-corrected chi connectivity index (χ2v) is 7.08. The topological polar surface area (TPSA) is 49.3 Å². The predicted molar refractivity (Wildman–Crippen MR) is 98.2 cm³/mol. The van der Waals surface area contributed by atoms with E-state index in [2.05, 4.69) is 15.1 Å². The Balaban J connectivity index is 1.37. The molecule has 2 saturated heterocycles. The van der Waals surface area contributed by atoms with Crippen molar-refractivity contribution in [3.8, 4) is 11.3 Å². The number of amides is 1. The summed E-state index contributed by atoms with van der Waals surface area (Å²) in [6.45, 7) is 3.51. The van der Waals surface area contributed by atoms with Crippen LogP contribution in [0.15, 0.2) is 36.4 Å². The molecule has 2 aliphatic rings. The monoisotopic (exact) mass is 354 g/mol. The smallest absolute Gasteiger partial charge is 0.225 e. The number of anilines is 1. The standard InChI is InChI=1S/C20H23FN4O/c21-17-5-3-15(4-6-17)18-7-8-19(23-22-18)24-13-9-16(10-14-24)20(26)25-11-1-2-12-25/h3-8,16H,1-2,9-14H2. The fourth-order valence-corrected chi connectivity index (χ4v) is 3.82. The van der Waals surface area contributed by atoms with Crippen LogP contribution in [0.5, 0.6) is 0 Å². The molecule has 1 aromatic heterocycles. The maximum Gasteiger partial charge on any atom is 0.225 e. The third-order valence-electron chi connectivity index (χ3n) is 5.38. The van der Waals surface area contributed by atoms with Crippen LogP contribution in [0.25, 0.3) is 11.3 Å². The van der Waals surface area contributed by atoms with Crippen molar-refractivity contribution in [2.24, 2.45) is 5.92 Å². The van der Waals surface area contributed by atoms with Gasteiger partial charge in [0.15, 0.2) is 5.82 Å². The molecule has 0 radical (unpaired) electrons. The molecule has 0 spiro atoms. The molecule has 3 heterocycles. The molecule has 4 rings (SSSR count). The molecular weight excluding hydrogens is 331 g/mol. The minimum Gasteiger partial charge on any atom is -0.355 e. The van der Waals surface area contributed by atoms with Gasteiger partial charge >= 0.3 is 0 Å². The zero-order valence-electron chi connectivity index (χ0n) is 14.8. The van der Waals surface area contributed by atoms with E-state index in [4.69, 9.17) is 0 Å². The lowest BCUT2D eigenvalue weighted by atomic mass is 9.95. The number of nitrogens with zero attached hydrogens (tertiary/aromatic N) is 4. The molecule has 1 aromatic carbocycles. The molecule has 0 bridgehead atoms. The van der Waals surface area contributed by atoms with E-state index in [1.165, 1.54) is 12.1 Å². The van der Waals surface area contributed by atoms with Crippen LogP contribution >= 0.6 is 0 Å². The van der Waals surface area contributed by atoms with E-state index < -0.39 is 0 Å². The second kappa shape index (κ2) is 7.40. The molecule has 1 amide bonds.